The molecule has 2 amide bonds. The Balaban J connectivity index is 2.52. The zero-order valence-electron chi connectivity index (χ0n) is 14.3. The Kier molecular flexibility index (Phi) is 6.35. The van der Waals surface area contributed by atoms with E-state index in [9.17, 15) is 9.59 Å². The second kappa shape index (κ2) is 8.48. The van der Waals surface area contributed by atoms with Crippen LogP contribution in [-0.4, -0.2) is 36.7 Å². The van der Waals surface area contributed by atoms with Crippen molar-refractivity contribution in [2.45, 2.75) is 20.8 Å². The monoisotopic (exact) mass is 364 g/mol. The fourth-order valence-electron chi connectivity index (χ4n) is 2.25. The van der Waals surface area contributed by atoms with Crippen LogP contribution >= 0.6 is 12.2 Å². The van der Waals surface area contributed by atoms with E-state index in [1.165, 1.54) is 6.08 Å². The van der Waals surface area contributed by atoms with Crippen molar-refractivity contribution >= 4 is 35.2 Å². The van der Waals surface area contributed by atoms with Crippen LogP contribution in [-0.2, 0) is 9.59 Å². The van der Waals surface area contributed by atoms with E-state index >= 15 is 0 Å². The zero-order chi connectivity index (χ0) is 18.4. The summed E-state index contributed by atoms with van der Waals surface area (Å²) in [6.45, 7) is 6.89. The van der Waals surface area contributed by atoms with Gasteiger partial charge in [-0.3, -0.25) is 20.2 Å². The van der Waals surface area contributed by atoms with Crippen molar-refractivity contribution in [3.63, 3.8) is 0 Å². The highest BCUT2D eigenvalue weighted by atomic mass is 32.1. The van der Waals surface area contributed by atoms with Crippen LogP contribution in [0.3, 0.4) is 0 Å². The summed E-state index contributed by atoms with van der Waals surface area (Å²) in [6.07, 6.45) is 1.44. The summed E-state index contributed by atoms with van der Waals surface area (Å²) in [4.78, 5) is 24.1. The first-order chi connectivity index (χ1) is 12.0. The topological polar surface area (TPSA) is 85.9 Å². The van der Waals surface area contributed by atoms with Gasteiger partial charge in [-0.15, -0.1) is 0 Å². The second-order valence-corrected chi connectivity index (χ2v) is 5.34. The van der Waals surface area contributed by atoms with Crippen molar-refractivity contribution in [1.29, 1.82) is 0 Å². The predicted molar refractivity (Wildman–Crippen MR) is 96.8 cm³/mol. The molecule has 0 bridgehead atoms. The first kappa shape index (κ1) is 18.7. The van der Waals surface area contributed by atoms with Crippen LogP contribution in [0.25, 0.3) is 6.08 Å². The molecule has 0 aromatic heterocycles. The summed E-state index contributed by atoms with van der Waals surface area (Å²) in [5, 5.41) is 4.78. The smallest absolute Gasteiger partial charge is 0.263 e. The Labute approximate surface area is 151 Å². The number of carbonyl (C=O) groups excluding carboxylic acids is 2. The maximum Gasteiger partial charge on any atom is 0.263 e. The third-order valence-corrected chi connectivity index (χ3v) is 3.42. The molecule has 25 heavy (non-hydrogen) atoms. The highest BCUT2D eigenvalue weighted by Crippen LogP contribution is 2.36. The molecule has 1 aromatic carbocycles. The van der Waals surface area contributed by atoms with Crippen molar-refractivity contribution in [3.8, 4) is 17.2 Å². The van der Waals surface area contributed by atoms with E-state index in [0.29, 0.717) is 42.6 Å². The van der Waals surface area contributed by atoms with Gasteiger partial charge in [-0.05, 0) is 45.1 Å². The number of carbonyl (C=O) groups is 2. The zero-order valence-corrected chi connectivity index (χ0v) is 15.1. The largest absolute Gasteiger partial charge is 0.493 e. The minimum absolute atomic E-state index is 0.0149. The van der Waals surface area contributed by atoms with Crippen LogP contribution in [0.4, 0.5) is 0 Å². The van der Waals surface area contributed by atoms with Gasteiger partial charge >= 0.3 is 0 Å². The van der Waals surface area contributed by atoms with Crippen molar-refractivity contribution in [2.75, 3.05) is 19.8 Å². The summed E-state index contributed by atoms with van der Waals surface area (Å²) in [5.41, 5.74) is 0.461. The quantitative estimate of drug-likeness (QED) is 0.436. The van der Waals surface area contributed by atoms with E-state index < -0.39 is 11.8 Å². The third kappa shape index (κ3) is 4.48. The summed E-state index contributed by atoms with van der Waals surface area (Å²) in [5.74, 6) is 0.391. The molecule has 0 radical (unpaired) electrons. The molecule has 134 valence electrons. The molecule has 1 aromatic rings. The van der Waals surface area contributed by atoms with Crippen molar-refractivity contribution < 1.29 is 23.8 Å². The Morgan fingerprint density at radius 1 is 0.880 bits per heavy atom. The fraction of sp³-hybridized carbons (Fsp3) is 0.353. The van der Waals surface area contributed by atoms with Gasteiger partial charge in [0.1, 0.15) is 11.3 Å². The molecule has 0 atom stereocenters. The lowest BCUT2D eigenvalue weighted by Crippen LogP contribution is -2.51. The Morgan fingerprint density at radius 2 is 1.36 bits per heavy atom. The maximum atomic E-state index is 12.0. The van der Waals surface area contributed by atoms with Gasteiger partial charge in [-0.2, -0.15) is 0 Å². The molecule has 1 aliphatic rings. The summed E-state index contributed by atoms with van der Waals surface area (Å²) < 4.78 is 16.8. The lowest BCUT2D eigenvalue weighted by molar-refractivity contribution is -0.123. The molecule has 0 spiro atoms. The van der Waals surface area contributed by atoms with Gasteiger partial charge in [0.05, 0.1) is 19.8 Å². The minimum Gasteiger partial charge on any atom is -0.493 e. The number of hydrogen-bond donors (Lipinski definition) is 2. The predicted octanol–water partition coefficient (Wildman–Crippen LogP) is 1.80. The van der Waals surface area contributed by atoms with Crippen LogP contribution in [0.2, 0.25) is 0 Å². The molecule has 8 heteroatoms. The van der Waals surface area contributed by atoms with Crippen LogP contribution < -0.4 is 24.8 Å². The molecule has 2 N–H and O–H groups in total. The van der Waals surface area contributed by atoms with Gasteiger partial charge in [0.25, 0.3) is 11.8 Å². The van der Waals surface area contributed by atoms with E-state index in [4.69, 9.17) is 26.4 Å². The maximum absolute atomic E-state index is 12.0. The summed E-state index contributed by atoms with van der Waals surface area (Å²) in [7, 11) is 0. The normalized spacial score (nSPS) is 13.9. The fourth-order valence-corrected chi connectivity index (χ4v) is 2.43. The molecule has 7 nitrogen and oxygen atoms in total. The van der Waals surface area contributed by atoms with E-state index in [1.807, 2.05) is 20.8 Å². The average molecular weight is 364 g/mol. The van der Waals surface area contributed by atoms with Crippen LogP contribution in [0.15, 0.2) is 17.7 Å². The third-order valence-electron chi connectivity index (χ3n) is 3.22. The van der Waals surface area contributed by atoms with E-state index in [1.54, 1.807) is 12.1 Å². The van der Waals surface area contributed by atoms with Crippen molar-refractivity contribution in [3.05, 3.63) is 23.3 Å². The molecule has 2 rings (SSSR count). The van der Waals surface area contributed by atoms with Crippen LogP contribution in [0, 0.1) is 0 Å². The van der Waals surface area contributed by atoms with E-state index in [-0.39, 0.29) is 10.7 Å². The lowest BCUT2D eigenvalue weighted by Gasteiger charge is -2.18. The van der Waals surface area contributed by atoms with Gasteiger partial charge < -0.3 is 14.2 Å². The number of thiocarbonyl (C=S) groups is 1. The molecule has 1 fully saturated rings. The summed E-state index contributed by atoms with van der Waals surface area (Å²) in [6, 6.07) is 3.37. The molecular weight excluding hydrogens is 344 g/mol. The number of ether oxygens (including phenoxy) is 3. The van der Waals surface area contributed by atoms with Gasteiger partial charge in [0.15, 0.2) is 16.6 Å². The highest BCUT2D eigenvalue weighted by molar-refractivity contribution is 7.80. The standard InChI is InChI=1S/C17H20N2O5S/c1-4-22-12-9-14(24-6-3)13(23-5-2)8-10(12)7-11-15(20)18-17(25)19-16(11)21/h7-9H,4-6H2,1-3H3,(H2,18,19,20,21,25). The molecule has 1 saturated heterocycles. The molecule has 0 aliphatic carbocycles. The summed E-state index contributed by atoms with van der Waals surface area (Å²) >= 11 is 4.79. The molecular formula is C17H20N2O5S. The van der Waals surface area contributed by atoms with Gasteiger partial charge in [0.2, 0.25) is 0 Å². The second-order valence-electron chi connectivity index (χ2n) is 4.93. The van der Waals surface area contributed by atoms with Crippen molar-refractivity contribution in [2.24, 2.45) is 0 Å². The highest BCUT2D eigenvalue weighted by Gasteiger charge is 2.26. The van der Waals surface area contributed by atoms with Crippen molar-refractivity contribution in [1.82, 2.24) is 10.6 Å². The average Bonchev–Trinajstić information content (AvgIpc) is 2.54. The first-order valence-corrected chi connectivity index (χ1v) is 8.35. The number of hydrogen-bond acceptors (Lipinski definition) is 6. The van der Waals surface area contributed by atoms with Crippen LogP contribution in [0.1, 0.15) is 26.3 Å². The molecule has 0 saturated carbocycles. The van der Waals surface area contributed by atoms with E-state index in [2.05, 4.69) is 10.6 Å². The van der Waals surface area contributed by atoms with Gasteiger partial charge in [-0.1, -0.05) is 0 Å². The lowest BCUT2D eigenvalue weighted by atomic mass is 10.1. The number of benzene rings is 1. The number of rotatable bonds is 7. The number of amides is 2. The van der Waals surface area contributed by atoms with Gasteiger partial charge in [-0.25, -0.2) is 0 Å². The Morgan fingerprint density at radius 3 is 1.88 bits per heavy atom. The first-order valence-electron chi connectivity index (χ1n) is 7.94. The molecule has 1 heterocycles. The molecule has 1 aliphatic heterocycles. The minimum atomic E-state index is -0.567. The SMILES string of the molecule is CCOc1cc(OCC)c(OCC)cc1C=C1C(=O)NC(=S)NC1=O. The number of nitrogens with one attached hydrogen (secondary N) is 2. The van der Waals surface area contributed by atoms with Gasteiger partial charge in [0, 0.05) is 11.6 Å². The van der Waals surface area contributed by atoms with E-state index in [0.717, 1.165) is 0 Å². The molecule has 0 unspecified atom stereocenters. The Bertz CT molecular complexity index is 708. The Hall–Kier alpha value is -2.61. The van der Waals surface area contributed by atoms with Crippen LogP contribution in [0.5, 0.6) is 17.2 Å².